The summed E-state index contributed by atoms with van der Waals surface area (Å²) in [5.41, 5.74) is 12.9. The average Bonchev–Trinajstić information content (AvgIpc) is 1.70. The Balaban J connectivity index is 0.000000146. The van der Waals surface area contributed by atoms with Gasteiger partial charge in [0.25, 0.3) is 0 Å². The number of rotatable bonds is 13. The van der Waals surface area contributed by atoms with Crippen molar-refractivity contribution in [3.8, 4) is 0 Å². The molecule has 0 unspecified atom stereocenters. The van der Waals surface area contributed by atoms with Crippen LogP contribution >= 0.6 is 0 Å². The van der Waals surface area contributed by atoms with Gasteiger partial charge in [0, 0.05) is 52.7 Å². The molecule has 3 aliphatic heterocycles. The zero-order valence-corrected chi connectivity index (χ0v) is 64.7. The molecule has 14 aromatic rings. The Morgan fingerprint density at radius 3 is 0.952 bits per heavy atom. The third-order valence-electron chi connectivity index (χ3n) is 15.6. The Morgan fingerprint density at radius 1 is 0.276 bits per heavy atom. The molecule has 0 amide bonds. The number of hydrogen-bond donors (Lipinski definition) is 0. The van der Waals surface area contributed by atoms with E-state index in [1.54, 1.807) is 18.6 Å². The largest absolute Gasteiger partial charge is 3.00 e. The number of aromatic nitrogens is 3. The topological polar surface area (TPSA) is 67.8 Å². The van der Waals surface area contributed by atoms with Crippen LogP contribution in [-0.4, -0.2) is 33.9 Å². The second-order valence-electron chi connectivity index (χ2n) is 22.7. The van der Waals surface area contributed by atoms with E-state index in [1.165, 1.54) is 11.4 Å². The minimum absolute atomic E-state index is 0. The molecular formula is C90H73Ir3N12. The van der Waals surface area contributed by atoms with E-state index < -0.39 is 0 Å². The van der Waals surface area contributed by atoms with Crippen LogP contribution in [0.15, 0.2) is 389 Å². The first-order valence-corrected chi connectivity index (χ1v) is 33.2. The van der Waals surface area contributed by atoms with E-state index in [-0.39, 0.29) is 60.3 Å². The third-order valence-corrected chi connectivity index (χ3v) is 15.6. The zero-order valence-electron chi connectivity index (χ0n) is 57.5. The quantitative estimate of drug-likeness (QED) is 0.103. The maximum atomic E-state index is 4.44. The van der Waals surface area contributed by atoms with Gasteiger partial charge < -0.3 is 44.1 Å². The van der Waals surface area contributed by atoms with Crippen molar-refractivity contribution in [3.63, 3.8) is 0 Å². The minimum atomic E-state index is 0. The maximum absolute atomic E-state index is 4.44. The Hall–Kier alpha value is -11.5. The van der Waals surface area contributed by atoms with Crippen molar-refractivity contribution in [2.24, 2.45) is 0 Å². The molecule has 0 saturated carbocycles. The molecule has 0 saturated heterocycles. The first kappa shape index (κ1) is 77.7. The van der Waals surface area contributed by atoms with E-state index in [2.05, 4.69) is 173 Å². The molecule has 105 heavy (non-hydrogen) atoms. The van der Waals surface area contributed by atoms with E-state index in [0.29, 0.717) is 0 Å². The predicted molar refractivity (Wildman–Crippen MR) is 419 cm³/mol. The summed E-state index contributed by atoms with van der Waals surface area (Å²) in [6.45, 7) is 6.13. The molecule has 0 fully saturated rings. The fourth-order valence-electron chi connectivity index (χ4n) is 10.9. The predicted octanol–water partition coefficient (Wildman–Crippen LogP) is 21.5. The van der Waals surface area contributed by atoms with Crippen LogP contribution in [0.4, 0.5) is 85.7 Å². The van der Waals surface area contributed by atoms with Crippen LogP contribution < -0.4 is 39.2 Å². The second-order valence-corrected chi connectivity index (χ2v) is 22.7. The van der Waals surface area contributed by atoms with Gasteiger partial charge in [-0.15, -0.1) is 41.9 Å². The maximum Gasteiger partial charge on any atom is 3.00 e. The Kier molecular flexibility index (Phi) is 30.7. The van der Waals surface area contributed by atoms with Gasteiger partial charge in [-0.25, -0.2) is 15.0 Å². The minimum Gasteiger partial charge on any atom is -0.510 e. The van der Waals surface area contributed by atoms with Gasteiger partial charge >= 0.3 is 60.3 Å². The molecule has 0 aliphatic carbocycles. The number of hydrogen-bond acceptors (Lipinski definition) is 12. The summed E-state index contributed by atoms with van der Waals surface area (Å²) in [5, 5.41) is 0. The van der Waals surface area contributed by atoms with Gasteiger partial charge in [-0.1, -0.05) is 120 Å². The Morgan fingerprint density at radius 2 is 0.600 bits per heavy atom. The molecule has 15 heteroatoms. The number of pyridine rings is 3. The molecule has 0 spiro atoms. The van der Waals surface area contributed by atoms with E-state index in [1.807, 2.05) is 327 Å². The third kappa shape index (κ3) is 22.0. The number of para-hydroxylation sites is 12. The normalized spacial score (nSPS) is 11.8. The molecule has 12 nitrogen and oxygen atoms in total. The van der Waals surface area contributed by atoms with Gasteiger partial charge in [0.05, 0.1) is 0 Å². The summed E-state index contributed by atoms with van der Waals surface area (Å²) in [7, 11) is 4.06. The molecule has 17 rings (SSSR count). The number of nitrogens with zero attached hydrogens (tertiary/aromatic N) is 12. The molecule has 0 bridgehead atoms. The van der Waals surface area contributed by atoms with Crippen molar-refractivity contribution in [1.82, 2.24) is 19.9 Å². The summed E-state index contributed by atoms with van der Waals surface area (Å²) >= 11 is 0. The zero-order chi connectivity index (χ0) is 69.6. The van der Waals surface area contributed by atoms with Crippen molar-refractivity contribution >= 4 is 85.7 Å². The van der Waals surface area contributed by atoms with Crippen LogP contribution in [0, 0.1) is 56.4 Å². The number of anilines is 15. The number of benzene rings is 11. The molecule has 0 radical (unpaired) electrons. The molecule has 3 aromatic heterocycles. The van der Waals surface area contributed by atoms with Crippen molar-refractivity contribution in [2.75, 3.05) is 53.3 Å². The summed E-state index contributed by atoms with van der Waals surface area (Å²) in [6, 6.07) is 134. The smallest absolute Gasteiger partial charge is 0.510 e. The first-order chi connectivity index (χ1) is 50.5. The van der Waals surface area contributed by atoms with E-state index >= 15 is 0 Å². The van der Waals surface area contributed by atoms with Gasteiger partial charge in [0.1, 0.15) is 17.5 Å². The number of fused-ring (bicyclic) bond motifs is 1. The van der Waals surface area contributed by atoms with Crippen LogP contribution in [0.25, 0.3) is 0 Å². The summed E-state index contributed by atoms with van der Waals surface area (Å²) in [6.07, 6.45) is 13.5. The molecular weight excluding hydrogens is 1830 g/mol. The molecule has 520 valence electrons. The van der Waals surface area contributed by atoms with Crippen LogP contribution in [-0.2, 0) is 60.3 Å². The monoisotopic (exact) mass is 1900 g/mol. The van der Waals surface area contributed by atoms with Crippen LogP contribution in [0.3, 0.4) is 0 Å². The fraction of sp³-hybridized carbons (Fsp3) is 0.0222. The molecule has 0 atom stereocenters. The SMILES string of the molecule is CN1C=CN(c2[c-]cccc2)[CH-]1.CN1[CH-]N(c2[c-]cccc2)c2ccccc21.[Ir+3].[Ir+3].[Ir+3].[c-]1ccccc1N(c1ccccc1)c1ccccn1.[c-]1ccccc1N(c1ccccc1)c1ccccn1.[c-]1ccccc1N(c1ccccc1)c1ccccn1.[c-]1ccccc1N1C=CN(c2ccccc2)[CH-]1. The van der Waals surface area contributed by atoms with Crippen LogP contribution in [0.5, 0.6) is 0 Å². The summed E-state index contributed by atoms with van der Waals surface area (Å²) < 4.78 is 0. The van der Waals surface area contributed by atoms with Crippen molar-refractivity contribution in [1.29, 1.82) is 0 Å². The van der Waals surface area contributed by atoms with Gasteiger partial charge in [-0.2, -0.15) is 177 Å². The van der Waals surface area contributed by atoms with Crippen molar-refractivity contribution < 1.29 is 60.3 Å². The standard InChI is InChI=1S/3C17H13N2.C15H12N2.C14H12N2.C10H10N2.3Ir/c3*1-3-9-15(10-4-1)19(16-11-5-2-6-12-16)17-13-7-8-14-18-17;1-3-7-14(8-4-1)16-11-12-17(13-16)15-9-5-2-6-10-15;1-15-11-16(12-7-3-2-4-8-12)14-10-6-5-9-13(14)15;1-11-7-8-12(9-11)10-5-3-2-4-6-10;;;/h3*1-11,13-14H;1-9,11-13H;2-7,9-11H,1H3;2-5,7-9H,1H3;;;/q3*-1;3*-2;3*+3. The van der Waals surface area contributed by atoms with Gasteiger partial charge in [0.15, 0.2) is 0 Å². The molecule has 6 heterocycles. The average molecular weight is 1900 g/mol. The van der Waals surface area contributed by atoms with Crippen molar-refractivity contribution in [2.45, 2.75) is 0 Å². The van der Waals surface area contributed by atoms with Crippen LogP contribution in [0.2, 0.25) is 0 Å². The van der Waals surface area contributed by atoms with Gasteiger partial charge in [-0.05, 0) is 136 Å². The second kappa shape index (κ2) is 41.6. The van der Waals surface area contributed by atoms with Gasteiger partial charge in [0.2, 0.25) is 0 Å². The van der Waals surface area contributed by atoms with E-state index in [4.69, 9.17) is 0 Å². The molecule has 11 aromatic carbocycles. The summed E-state index contributed by atoms with van der Waals surface area (Å²) in [4.78, 5) is 32.0. The fourth-order valence-corrected chi connectivity index (χ4v) is 10.9. The first-order valence-electron chi connectivity index (χ1n) is 33.2. The Bertz CT molecular complexity index is 4110. The van der Waals surface area contributed by atoms with Crippen molar-refractivity contribution in [3.05, 3.63) is 446 Å². The molecule has 0 N–H and O–H groups in total. The van der Waals surface area contributed by atoms with Gasteiger partial charge in [-0.3, -0.25) is 0 Å². The summed E-state index contributed by atoms with van der Waals surface area (Å²) in [5.74, 6) is 2.66. The van der Waals surface area contributed by atoms with E-state index in [9.17, 15) is 0 Å². The molecule has 3 aliphatic rings. The Labute approximate surface area is 659 Å². The van der Waals surface area contributed by atoms with Crippen LogP contribution in [0.1, 0.15) is 0 Å². The van der Waals surface area contributed by atoms with E-state index in [0.717, 1.165) is 74.3 Å².